The molecule has 1 aliphatic rings. The predicted octanol–water partition coefficient (Wildman–Crippen LogP) is 4.96. The fraction of sp³-hybridized carbons (Fsp3) is 0.222. The van der Waals surface area contributed by atoms with E-state index in [9.17, 15) is 27.6 Å². The SMILES string of the molecule is COc1ccc(CC2C(=O)C(NC(=O)c3ccco3)(C(F)(F)F)C(C(=O)c3ccccc3)=C2C)cc1. The number of hydrogen-bond donors (Lipinski definition) is 1. The minimum absolute atomic E-state index is 0.0365. The first-order chi connectivity index (χ1) is 17.1. The molecule has 1 N–H and O–H groups in total. The number of alkyl halides is 3. The lowest BCUT2D eigenvalue weighted by molar-refractivity contribution is -0.185. The quantitative estimate of drug-likeness (QED) is 0.467. The van der Waals surface area contributed by atoms with Gasteiger partial charge in [0.25, 0.3) is 5.91 Å². The predicted molar refractivity (Wildman–Crippen MR) is 124 cm³/mol. The van der Waals surface area contributed by atoms with E-state index < -0.39 is 46.4 Å². The van der Waals surface area contributed by atoms with E-state index >= 15 is 0 Å². The topological polar surface area (TPSA) is 85.6 Å². The zero-order valence-electron chi connectivity index (χ0n) is 19.4. The summed E-state index contributed by atoms with van der Waals surface area (Å²) in [6, 6.07) is 16.4. The van der Waals surface area contributed by atoms with Gasteiger partial charge in [0, 0.05) is 17.1 Å². The van der Waals surface area contributed by atoms with E-state index in [1.807, 2.05) is 5.32 Å². The van der Waals surface area contributed by atoms with Crippen LogP contribution in [0.5, 0.6) is 5.75 Å². The van der Waals surface area contributed by atoms with Crippen LogP contribution in [-0.4, -0.2) is 36.3 Å². The fourth-order valence-corrected chi connectivity index (χ4v) is 4.49. The molecule has 0 fully saturated rings. The first kappa shape index (κ1) is 25.0. The van der Waals surface area contributed by atoms with Crippen LogP contribution >= 0.6 is 0 Å². The van der Waals surface area contributed by atoms with Gasteiger partial charge in [0.05, 0.1) is 13.4 Å². The van der Waals surface area contributed by atoms with Crippen LogP contribution in [-0.2, 0) is 11.2 Å². The van der Waals surface area contributed by atoms with Crippen molar-refractivity contribution in [2.45, 2.75) is 25.1 Å². The molecule has 1 heterocycles. The molecule has 2 atom stereocenters. The van der Waals surface area contributed by atoms with Crippen molar-refractivity contribution in [2.24, 2.45) is 5.92 Å². The number of furan rings is 1. The van der Waals surface area contributed by atoms with Gasteiger partial charge >= 0.3 is 6.18 Å². The summed E-state index contributed by atoms with van der Waals surface area (Å²) in [5.74, 6) is -4.77. The van der Waals surface area contributed by atoms with E-state index in [4.69, 9.17) is 9.15 Å². The largest absolute Gasteiger partial charge is 0.497 e. The maximum absolute atomic E-state index is 14.9. The third kappa shape index (κ3) is 4.21. The number of ketones is 2. The van der Waals surface area contributed by atoms with Gasteiger partial charge in [-0.25, -0.2) is 0 Å². The maximum Gasteiger partial charge on any atom is 0.423 e. The highest BCUT2D eigenvalue weighted by Gasteiger charge is 2.70. The zero-order chi connectivity index (χ0) is 26.1. The van der Waals surface area contributed by atoms with Gasteiger partial charge in [-0.3, -0.25) is 14.4 Å². The van der Waals surface area contributed by atoms with Crippen LogP contribution in [0.3, 0.4) is 0 Å². The molecule has 1 aliphatic carbocycles. The second-order valence-electron chi connectivity index (χ2n) is 8.40. The summed E-state index contributed by atoms with van der Waals surface area (Å²) >= 11 is 0. The van der Waals surface area contributed by atoms with Gasteiger partial charge in [0.1, 0.15) is 5.75 Å². The van der Waals surface area contributed by atoms with Crippen molar-refractivity contribution in [3.8, 4) is 5.75 Å². The van der Waals surface area contributed by atoms with Crippen molar-refractivity contribution in [3.05, 3.63) is 101 Å². The molecular formula is C27H22F3NO5. The van der Waals surface area contributed by atoms with E-state index in [1.165, 1.54) is 50.4 Å². The lowest BCUT2D eigenvalue weighted by Crippen LogP contribution is -2.65. The molecule has 1 aromatic heterocycles. The van der Waals surface area contributed by atoms with Gasteiger partial charge < -0.3 is 14.5 Å². The highest BCUT2D eigenvalue weighted by Crippen LogP contribution is 2.49. The Morgan fingerprint density at radius 2 is 1.69 bits per heavy atom. The average molecular weight is 497 g/mol. The van der Waals surface area contributed by atoms with Crippen LogP contribution in [0, 0.1) is 5.92 Å². The number of Topliss-reactive ketones (excluding diaryl/α,β-unsaturated/α-hetero) is 2. The Bertz CT molecular complexity index is 1310. The normalized spacial score (nSPS) is 19.9. The first-order valence-corrected chi connectivity index (χ1v) is 11.0. The Hall–Kier alpha value is -4.14. The third-order valence-electron chi connectivity index (χ3n) is 6.31. The number of ether oxygens (including phenoxy) is 1. The number of allylic oxidation sites excluding steroid dienone is 1. The lowest BCUT2D eigenvalue weighted by Gasteiger charge is -2.33. The van der Waals surface area contributed by atoms with Crippen LogP contribution < -0.4 is 10.1 Å². The maximum atomic E-state index is 14.9. The molecule has 1 amide bonds. The number of carbonyl (C=O) groups excluding carboxylic acids is 3. The van der Waals surface area contributed by atoms with E-state index in [0.29, 0.717) is 11.3 Å². The van der Waals surface area contributed by atoms with Gasteiger partial charge in [-0.1, -0.05) is 48.0 Å². The van der Waals surface area contributed by atoms with Crippen molar-refractivity contribution >= 4 is 17.5 Å². The number of carbonyl (C=O) groups is 3. The molecule has 0 spiro atoms. The molecule has 6 nitrogen and oxygen atoms in total. The van der Waals surface area contributed by atoms with Crippen molar-refractivity contribution < 1.29 is 36.7 Å². The number of hydrogen-bond acceptors (Lipinski definition) is 5. The molecular weight excluding hydrogens is 475 g/mol. The van der Waals surface area contributed by atoms with Crippen LogP contribution in [0.25, 0.3) is 0 Å². The van der Waals surface area contributed by atoms with Gasteiger partial charge in [-0.2, -0.15) is 13.2 Å². The molecule has 0 saturated heterocycles. The number of rotatable bonds is 7. The highest BCUT2D eigenvalue weighted by atomic mass is 19.4. The van der Waals surface area contributed by atoms with Crippen molar-refractivity contribution in [2.75, 3.05) is 7.11 Å². The summed E-state index contributed by atoms with van der Waals surface area (Å²) in [6.07, 6.45) is -4.30. The van der Waals surface area contributed by atoms with Gasteiger partial charge in [-0.05, 0) is 43.2 Å². The summed E-state index contributed by atoms with van der Waals surface area (Å²) < 4.78 is 54.8. The first-order valence-electron chi connectivity index (χ1n) is 11.0. The second kappa shape index (κ2) is 9.49. The third-order valence-corrected chi connectivity index (χ3v) is 6.31. The van der Waals surface area contributed by atoms with E-state index in [0.717, 1.165) is 6.26 Å². The summed E-state index contributed by atoms with van der Waals surface area (Å²) in [5, 5.41) is 1.84. The van der Waals surface area contributed by atoms with Gasteiger partial charge in [0.15, 0.2) is 17.3 Å². The number of benzene rings is 2. The smallest absolute Gasteiger partial charge is 0.423 e. The second-order valence-corrected chi connectivity index (χ2v) is 8.40. The monoisotopic (exact) mass is 497 g/mol. The summed E-state index contributed by atoms with van der Waals surface area (Å²) in [4.78, 5) is 40.0. The summed E-state index contributed by atoms with van der Waals surface area (Å²) in [7, 11) is 1.48. The van der Waals surface area contributed by atoms with Crippen LogP contribution in [0.15, 0.2) is 88.6 Å². The molecule has 0 bridgehead atoms. The van der Waals surface area contributed by atoms with Crippen molar-refractivity contribution in [3.63, 3.8) is 0 Å². The van der Waals surface area contributed by atoms with E-state index in [-0.39, 0.29) is 17.6 Å². The Kier molecular flexibility index (Phi) is 6.58. The number of amides is 1. The molecule has 3 aromatic rings. The molecule has 9 heteroatoms. The summed E-state index contributed by atoms with van der Waals surface area (Å²) in [5.41, 5.74) is -3.88. The van der Waals surface area contributed by atoms with E-state index in [2.05, 4.69) is 0 Å². The Morgan fingerprint density at radius 1 is 1.03 bits per heavy atom. The Morgan fingerprint density at radius 3 is 2.25 bits per heavy atom. The molecule has 2 unspecified atom stereocenters. The minimum atomic E-state index is -5.32. The van der Waals surface area contributed by atoms with Crippen LogP contribution in [0.4, 0.5) is 13.2 Å². The number of halogens is 3. The van der Waals surface area contributed by atoms with Crippen molar-refractivity contribution in [1.29, 1.82) is 0 Å². The molecule has 36 heavy (non-hydrogen) atoms. The summed E-state index contributed by atoms with van der Waals surface area (Å²) in [6.45, 7) is 1.33. The van der Waals surface area contributed by atoms with E-state index in [1.54, 1.807) is 30.3 Å². The lowest BCUT2D eigenvalue weighted by atomic mass is 9.82. The van der Waals surface area contributed by atoms with Crippen LogP contribution in [0.1, 0.15) is 33.4 Å². The molecule has 186 valence electrons. The zero-order valence-corrected chi connectivity index (χ0v) is 19.4. The Balaban J connectivity index is 1.86. The number of methoxy groups -OCH3 is 1. The molecule has 0 aliphatic heterocycles. The van der Waals surface area contributed by atoms with Gasteiger partial charge in [0.2, 0.25) is 5.54 Å². The standard InChI is InChI=1S/C27H22F3NO5/c1-16-20(15-17-10-12-19(35-2)13-11-17)24(33)26(27(28,29)30,31-25(34)21-9-6-14-36-21)22(16)23(32)18-7-4-3-5-8-18/h3-14,20H,15H2,1-2H3,(H,31,34). The highest BCUT2D eigenvalue weighted by molar-refractivity contribution is 6.20. The molecule has 0 radical (unpaired) electrons. The Labute approximate surface area is 204 Å². The fourth-order valence-electron chi connectivity index (χ4n) is 4.49. The average Bonchev–Trinajstić information content (AvgIpc) is 3.47. The van der Waals surface area contributed by atoms with Crippen molar-refractivity contribution in [1.82, 2.24) is 5.32 Å². The molecule has 0 saturated carbocycles. The van der Waals surface area contributed by atoms with Gasteiger partial charge in [-0.15, -0.1) is 0 Å². The molecule has 4 rings (SSSR count). The number of nitrogens with one attached hydrogen (secondary N) is 1. The minimum Gasteiger partial charge on any atom is -0.497 e. The van der Waals surface area contributed by atoms with Crippen LogP contribution in [0.2, 0.25) is 0 Å². The molecule has 2 aromatic carbocycles.